The number of ether oxygens (including phenoxy) is 3. The maximum absolute atomic E-state index is 13.1. The van der Waals surface area contributed by atoms with Gasteiger partial charge in [-0.05, 0) is 82.3 Å². The molecule has 3 rings (SSSR count). The number of hydrogen-bond acceptors (Lipinski definition) is 5. The zero-order valence-corrected chi connectivity index (χ0v) is 18.4. The molecule has 29 heavy (non-hydrogen) atoms. The van der Waals surface area contributed by atoms with E-state index in [1.165, 1.54) is 0 Å². The number of carbonyl (C=O) groups excluding carboxylic acids is 1. The molecule has 6 nitrogen and oxygen atoms in total. The molecule has 0 spiro atoms. The molecule has 0 radical (unpaired) electrons. The van der Waals surface area contributed by atoms with Crippen molar-refractivity contribution in [1.29, 1.82) is 0 Å². The molecule has 6 heteroatoms. The van der Waals surface area contributed by atoms with Crippen LogP contribution in [0.1, 0.15) is 46.9 Å². The second kappa shape index (κ2) is 8.03. The molecule has 1 N–H and O–H groups in total. The van der Waals surface area contributed by atoms with Crippen molar-refractivity contribution < 1.29 is 19.0 Å². The summed E-state index contributed by atoms with van der Waals surface area (Å²) in [6, 6.07) is 3.84. The van der Waals surface area contributed by atoms with Crippen LogP contribution in [0.2, 0.25) is 0 Å². The van der Waals surface area contributed by atoms with Gasteiger partial charge in [0.2, 0.25) is 0 Å². The molecule has 1 aromatic carbocycles. The summed E-state index contributed by atoms with van der Waals surface area (Å²) in [4.78, 5) is 17.5. The molecule has 1 aliphatic rings. The molecular formula is C23H30N2O4. The Balaban J connectivity index is 1.90. The number of carbonyl (C=O) groups is 1. The number of fused-ring (bicyclic) bond motifs is 1. The predicted molar refractivity (Wildman–Crippen MR) is 113 cm³/mol. The van der Waals surface area contributed by atoms with E-state index >= 15 is 0 Å². The standard InChI is InChI=1S/C23H30N2O4/c1-13-10-14(2)24-19(11-13)25-22(26)23(6)9-8-18-17(5)20(28-12-27-7)15(3)16(4)21(18)29-23/h10-11H,8-9,12H2,1-7H3,(H,24,25,26). The number of methoxy groups -OCH3 is 1. The van der Waals surface area contributed by atoms with Crippen LogP contribution in [-0.4, -0.2) is 30.4 Å². The lowest BCUT2D eigenvalue weighted by Gasteiger charge is -2.36. The highest BCUT2D eigenvalue weighted by molar-refractivity contribution is 5.97. The lowest BCUT2D eigenvalue weighted by molar-refractivity contribution is -0.131. The first-order chi connectivity index (χ1) is 13.7. The fourth-order valence-corrected chi connectivity index (χ4v) is 3.88. The van der Waals surface area contributed by atoms with E-state index < -0.39 is 5.60 Å². The molecule has 0 aliphatic carbocycles. The van der Waals surface area contributed by atoms with Crippen LogP contribution in [0.25, 0.3) is 0 Å². The Labute approximate surface area is 172 Å². The smallest absolute Gasteiger partial charge is 0.269 e. The molecule has 0 saturated heterocycles. The third-order valence-corrected chi connectivity index (χ3v) is 5.63. The van der Waals surface area contributed by atoms with Crippen LogP contribution < -0.4 is 14.8 Å². The Bertz CT molecular complexity index is 934. The Morgan fingerprint density at radius 2 is 1.90 bits per heavy atom. The molecule has 2 aromatic rings. The number of rotatable bonds is 5. The third kappa shape index (κ3) is 4.08. The molecule has 0 bridgehead atoms. The van der Waals surface area contributed by atoms with Crippen LogP contribution in [0.15, 0.2) is 12.1 Å². The van der Waals surface area contributed by atoms with Crippen LogP contribution >= 0.6 is 0 Å². The number of nitrogens with one attached hydrogen (secondary N) is 1. The first-order valence-corrected chi connectivity index (χ1v) is 9.86. The molecule has 1 amide bonds. The van der Waals surface area contributed by atoms with Crippen LogP contribution in [0, 0.1) is 34.6 Å². The van der Waals surface area contributed by atoms with Gasteiger partial charge in [0.05, 0.1) is 0 Å². The second-order valence-corrected chi connectivity index (χ2v) is 8.02. The Kier molecular flexibility index (Phi) is 5.85. The van der Waals surface area contributed by atoms with E-state index in [4.69, 9.17) is 14.2 Å². The number of anilines is 1. The van der Waals surface area contributed by atoms with Crippen molar-refractivity contribution in [2.45, 2.75) is 60.0 Å². The van der Waals surface area contributed by atoms with E-state index in [9.17, 15) is 4.79 Å². The van der Waals surface area contributed by atoms with E-state index in [1.54, 1.807) is 7.11 Å². The van der Waals surface area contributed by atoms with Gasteiger partial charge in [0.1, 0.15) is 17.3 Å². The molecule has 1 unspecified atom stereocenters. The quantitative estimate of drug-likeness (QED) is 0.759. The number of aryl methyl sites for hydroxylation is 2. The fraction of sp³-hybridized carbons (Fsp3) is 0.478. The Hall–Kier alpha value is -2.60. The maximum Gasteiger partial charge on any atom is 0.269 e. The lowest BCUT2D eigenvalue weighted by Crippen LogP contribution is -2.48. The summed E-state index contributed by atoms with van der Waals surface area (Å²) in [5.74, 6) is 1.98. The van der Waals surface area contributed by atoms with E-state index in [1.807, 2.05) is 53.7 Å². The van der Waals surface area contributed by atoms with Gasteiger partial charge in [-0.2, -0.15) is 0 Å². The zero-order valence-electron chi connectivity index (χ0n) is 18.4. The van der Waals surface area contributed by atoms with Crippen molar-refractivity contribution in [1.82, 2.24) is 4.98 Å². The first kappa shape index (κ1) is 21.1. The van der Waals surface area contributed by atoms with Crippen molar-refractivity contribution in [3.8, 4) is 11.5 Å². The minimum Gasteiger partial charge on any atom is -0.477 e. The zero-order chi connectivity index (χ0) is 21.3. The molecule has 1 atom stereocenters. The highest BCUT2D eigenvalue weighted by Crippen LogP contribution is 2.44. The van der Waals surface area contributed by atoms with Gasteiger partial charge in [-0.3, -0.25) is 4.79 Å². The van der Waals surface area contributed by atoms with Gasteiger partial charge in [-0.25, -0.2) is 4.98 Å². The first-order valence-electron chi connectivity index (χ1n) is 9.86. The highest BCUT2D eigenvalue weighted by Gasteiger charge is 2.41. The summed E-state index contributed by atoms with van der Waals surface area (Å²) in [6.07, 6.45) is 1.31. The Morgan fingerprint density at radius 1 is 1.17 bits per heavy atom. The van der Waals surface area contributed by atoms with Crippen molar-refractivity contribution >= 4 is 11.7 Å². The summed E-state index contributed by atoms with van der Waals surface area (Å²) in [5, 5.41) is 2.94. The van der Waals surface area contributed by atoms with E-state index in [2.05, 4.69) is 10.3 Å². The summed E-state index contributed by atoms with van der Waals surface area (Å²) < 4.78 is 17.2. The number of hydrogen-bond donors (Lipinski definition) is 1. The predicted octanol–water partition coefficient (Wildman–Crippen LogP) is 4.33. The topological polar surface area (TPSA) is 69.7 Å². The average molecular weight is 399 g/mol. The van der Waals surface area contributed by atoms with Crippen LogP contribution in [0.3, 0.4) is 0 Å². The van der Waals surface area contributed by atoms with Crippen molar-refractivity contribution in [3.63, 3.8) is 0 Å². The van der Waals surface area contributed by atoms with Crippen LogP contribution in [0.4, 0.5) is 5.82 Å². The summed E-state index contributed by atoms with van der Waals surface area (Å²) in [7, 11) is 1.60. The second-order valence-electron chi connectivity index (χ2n) is 8.02. The molecule has 1 aliphatic heterocycles. The number of aromatic nitrogens is 1. The monoisotopic (exact) mass is 398 g/mol. The van der Waals surface area contributed by atoms with E-state index in [0.717, 1.165) is 51.4 Å². The van der Waals surface area contributed by atoms with E-state index in [-0.39, 0.29) is 12.7 Å². The average Bonchev–Trinajstić information content (AvgIpc) is 2.65. The minimum absolute atomic E-state index is 0.185. The molecular weight excluding hydrogens is 368 g/mol. The lowest BCUT2D eigenvalue weighted by atomic mass is 9.86. The third-order valence-electron chi connectivity index (χ3n) is 5.63. The summed E-state index contributed by atoms with van der Waals surface area (Å²) in [5.41, 5.74) is 5.07. The van der Waals surface area contributed by atoms with Crippen LogP contribution in [-0.2, 0) is 16.0 Å². The SMILES string of the molecule is COCOc1c(C)c(C)c2c(c1C)CCC(C)(C(=O)Nc1cc(C)cc(C)n1)O2. The van der Waals surface area contributed by atoms with Crippen molar-refractivity contribution in [2.75, 3.05) is 19.2 Å². The van der Waals surface area contributed by atoms with Gasteiger partial charge < -0.3 is 19.5 Å². The van der Waals surface area contributed by atoms with Gasteiger partial charge in [0.25, 0.3) is 5.91 Å². The summed E-state index contributed by atoms with van der Waals surface area (Å²) >= 11 is 0. The maximum atomic E-state index is 13.1. The number of pyridine rings is 1. The van der Waals surface area contributed by atoms with Crippen molar-refractivity contribution in [3.05, 3.63) is 45.6 Å². The fourth-order valence-electron chi connectivity index (χ4n) is 3.88. The molecule has 0 saturated carbocycles. The van der Waals surface area contributed by atoms with Gasteiger partial charge in [-0.15, -0.1) is 0 Å². The van der Waals surface area contributed by atoms with Gasteiger partial charge in [-0.1, -0.05) is 0 Å². The molecule has 1 aromatic heterocycles. The number of amides is 1. The number of nitrogens with zero attached hydrogens (tertiary/aromatic N) is 1. The minimum atomic E-state index is -0.967. The molecule has 2 heterocycles. The molecule has 156 valence electrons. The summed E-state index contributed by atoms with van der Waals surface area (Å²) in [6.45, 7) is 12.0. The van der Waals surface area contributed by atoms with Crippen molar-refractivity contribution in [2.24, 2.45) is 0 Å². The van der Waals surface area contributed by atoms with E-state index in [0.29, 0.717) is 12.2 Å². The van der Waals surface area contributed by atoms with Gasteiger partial charge in [0.15, 0.2) is 12.4 Å². The Morgan fingerprint density at radius 3 is 2.55 bits per heavy atom. The van der Waals surface area contributed by atoms with Gasteiger partial charge in [0, 0.05) is 24.8 Å². The van der Waals surface area contributed by atoms with Gasteiger partial charge >= 0.3 is 0 Å². The normalized spacial score (nSPS) is 18.0. The molecule has 0 fully saturated rings. The number of benzene rings is 1. The largest absolute Gasteiger partial charge is 0.477 e. The highest BCUT2D eigenvalue weighted by atomic mass is 16.7. The van der Waals surface area contributed by atoms with Crippen LogP contribution in [0.5, 0.6) is 11.5 Å².